The molecule has 0 aromatic carbocycles. The number of hydrogen-bond donors (Lipinski definition) is 1. The van der Waals surface area contributed by atoms with E-state index in [4.69, 9.17) is 0 Å². The molecule has 0 radical (unpaired) electrons. The third kappa shape index (κ3) is 3.63. The van der Waals surface area contributed by atoms with Gasteiger partial charge in [0.2, 0.25) is 0 Å². The number of alkyl halides is 3. The Kier molecular flexibility index (Phi) is 4.93. The van der Waals surface area contributed by atoms with E-state index in [0.717, 1.165) is 10.8 Å². The second-order valence-electron chi connectivity index (χ2n) is 5.25. The highest BCUT2D eigenvalue weighted by Gasteiger charge is 2.45. The first-order valence-electron chi connectivity index (χ1n) is 6.84. The van der Waals surface area contributed by atoms with Crippen LogP contribution in [0.5, 0.6) is 0 Å². The molecule has 0 aromatic rings. The molecule has 0 aliphatic carbocycles. The van der Waals surface area contributed by atoms with E-state index >= 15 is 0 Å². The smallest absolute Gasteiger partial charge is 0.315 e. The molecule has 0 aromatic heterocycles. The van der Waals surface area contributed by atoms with Gasteiger partial charge >= 0.3 is 6.18 Å². The van der Waals surface area contributed by atoms with Crippen molar-refractivity contribution in [3.8, 4) is 0 Å². The van der Waals surface area contributed by atoms with Gasteiger partial charge in [0.15, 0.2) is 0 Å². The molecule has 2 saturated heterocycles. The summed E-state index contributed by atoms with van der Waals surface area (Å²) in [5.41, 5.74) is 0. The monoisotopic (exact) mass is 315 g/mol. The van der Waals surface area contributed by atoms with Crippen LogP contribution < -0.4 is 5.32 Å². The van der Waals surface area contributed by atoms with Gasteiger partial charge in [-0.2, -0.15) is 30.2 Å². The van der Waals surface area contributed by atoms with Crippen molar-refractivity contribution >= 4 is 10.2 Å². The van der Waals surface area contributed by atoms with E-state index in [0.29, 0.717) is 26.1 Å². The van der Waals surface area contributed by atoms with Crippen molar-refractivity contribution in [3.63, 3.8) is 0 Å². The fourth-order valence-corrected chi connectivity index (χ4v) is 4.37. The summed E-state index contributed by atoms with van der Waals surface area (Å²) in [6, 6.07) is 0. The molecule has 118 valence electrons. The molecule has 0 amide bonds. The third-order valence-corrected chi connectivity index (χ3v) is 5.80. The molecule has 5 nitrogen and oxygen atoms in total. The zero-order valence-corrected chi connectivity index (χ0v) is 12.0. The Hall–Kier alpha value is -0.380. The van der Waals surface area contributed by atoms with Crippen LogP contribution in [0.2, 0.25) is 0 Å². The molecule has 1 N–H and O–H groups in total. The van der Waals surface area contributed by atoms with Crippen LogP contribution in [0.4, 0.5) is 13.2 Å². The molecule has 2 fully saturated rings. The van der Waals surface area contributed by atoms with E-state index < -0.39 is 28.8 Å². The molecular weight excluding hydrogens is 295 g/mol. The molecule has 0 spiro atoms. The molecule has 9 heteroatoms. The summed E-state index contributed by atoms with van der Waals surface area (Å²) in [5.74, 6) is -1.55. The van der Waals surface area contributed by atoms with Gasteiger partial charge in [-0.25, -0.2) is 0 Å². The number of hydrogen-bond acceptors (Lipinski definition) is 3. The fourth-order valence-electron chi connectivity index (χ4n) is 2.63. The van der Waals surface area contributed by atoms with Gasteiger partial charge < -0.3 is 5.32 Å². The summed E-state index contributed by atoms with van der Waals surface area (Å²) in [4.78, 5) is 0. The summed E-state index contributed by atoms with van der Waals surface area (Å²) in [5, 5.41) is 3.08. The van der Waals surface area contributed by atoms with Crippen LogP contribution in [-0.4, -0.2) is 62.5 Å². The third-order valence-electron chi connectivity index (χ3n) is 3.80. The highest BCUT2D eigenvalue weighted by molar-refractivity contribution is 7.86. The van der Waals surface area contributed by atoms with Crippen molar-refractivity contribution in [2.45, 2.75) is 25.4 Å². The first-order valence-corrected chi connectivity index (χ1v) is 8.24. The Bertz CT molecular complexity index is 419. The summed E-state index contributed by atoms with van der Waals surface area (Å²) < 4.78 is 65.4. The molecule has 1 unspecified atom stereocenters. The number of halogens is 3. The molecule has 1 atom stereocenters. The second-order valence-corrected chi connectivity index (χ2v) is 7.18. The first kappa shape index (κ1) is 16.0. The average Bonchev–Trinajstić information content (AvgIpc) is 2.67. The van der Waals surface area contributed by atoms with Gasteiger partial charge in [0.1, 0.15) is 0 Å². The highest BCUT2D eigenvalue weighted by Crippen LogP contribution is 2.34. The summed E-state index contributed by atoms with van der Waals surface area (Å²) >= 11 is 0. The van der Waals surface area contributed by atoms with E-state index in [9.17, 15) is 21.6 Å². The summed E-state index contributed by atoms with van der Waals surface area (Å²) in [6.45, 7) is 1.68. The minimum Gasteiger partial charge on any atom is -0.315 e. The van der Waals surface area contributed by atoms with E-state index in [1.807, 2.05) is 0 Å². The molecule has 0 saturated carbocycles. The second kappa shape index (κ2) is 6.17. The predicted molar refractivity (Wildman–Crippen MR) is 68.3 cm³/mol. The standard InChI is InChI=1S/C11H20F3N3O2S/c12-11(13,14)10-3-1-6-17(9-10)20(18,19)16-7-2-4-15-5-8-16/h10,15H,1-9H2. The van der Waals surface area contributed by atoms with E-state index in [2.05, 4.69) is 5.32 Å². The fraction of sp³-hybridized carbons (Fsp3) is 1.00. The van der Waals surface area contributed by atoms with Crippen LogP contribution in [0, 0.1) is 5.92 Å². The maximum absolute atomic E-state index is 12.8. The molecule has 20 heavy (non-hydrogen) atoms. The molecule has 2 aliphatic rings. The number of rotatable bonds is 2. The Morgan fingerprint density at radius 2 is 1.70 bits per heavy atom. The Morgan fingerprint density at radius 1 is 1.00 bits per heavy atom. The lowest BCUT2D eigenvalue weighted by atomic mass is 9.99. The lowest BCUT2D eigenvalue weighted by molar-refractivity contribution is -0.182. The van der Waals surface area contributed by atoms with Crippen LogP contribution in [0.1, 0.15) is 19.3 Å². The summed E-state index contributed by atoms with van der Waals surface area (Å²) in [7, 11) is -3.77. The highest BCUT2D eigenvalue weighted by atomic mass is 32.2. The lowest BCUT2D eigenvalue weighted by Gasteiger charge is -2.35. The van der Waals surface area contributed by atoms with Crippen LogP contribution in [0.25, 0.3) is 0 Å². The minimum absolute atomic E-state index is 0.0110. The maximum atomic E-state index is 12.8. The zero-order valence-electron chi connectivity index (χ0n) is 11.2. The zero-order chi connectivity index (χ0) is 14.8. The SMILES string of the molecule is O=S(=O)(N1CCCNCC1)N1CCCC(C(F)(F)F)C1. The van der Waals surface area contributed by atoms with Gasteiger partial charge in [0.05, 0.1) is 5.92 Å². The van der Waals surface area contributed by atoms with E-state index in [-0.39, 0.29) is 19.4 Å². The van der Waals surface area contributed by atoms with Crippen LogP contribution in [0.3, 0.4) is 0 Å². The molecule has 0 bridgehead atoms. The molecular formula is C11H20F3N3O2S. The topological polar surface area (TPSA) is 52.7 Å². The number of nitrogens with zero attached hydrogens (tertiary/aromatic N) is 2. The summed E-state index contributed by atoms with van der Waals surface area (Å²) in [6.07, 6.45) is -3.38. The van der Waals surface area contributed by atoms with Crippen molar-refractivity contribution in [2.24, 2.45) is 5.92 Å². The van der Waals surface area contributed by atoms with Gasteiger partial charge in [-0.15, -0.1) is 0 Å². The predicted octanol–water partition coefficient (Wildman–Crippen LogP) is 0.801. The van der Waals surface area contributed by atoms with Gasteiger partial charge in [0.25, 0.3) is 10.2 Å². The maximum Gasteiger partial charge on any atom is 0.393 e. The molecule has 2 aliphatic heterocycles. The number of nitrogens with one attached hydrogen (secondary N) is 1. The Labute approximate surface area is 117 Å². The van der Waals surface area contributed by atoms with Crippen LogP contribution in [-0.2, 0) is 10.2 Å². The lowest BCUT2D eigenvalue weighted by Crippen LogP contribution is -2.50. The molecule has 2 heterocycles. The normalized spacial score (nSPS) is 28.2. The van der Waals surface area contributed by atoms with Crippen LogP contribution in [0.15, 0.2) is 0 Å². The van der Waals surface area contributed by atoms with Crippen molar-refractivity contribution in [1.29, 1.82) is 0 Å². The Morgan fingerprint density at radius 3 is 2.40 bits per heavy atom. The van der Waals surface area contributed by atoms with Crippen molar-refractivity contribution in [1.82, 2.24) is 13.9 Å². The number of piperidine rings is 1. The Balaban J connectivity index is 2.08. The van der Waals surface area contributed by atoms with E-state index in [1.165, 1.54) is 4.31 Å². The van der Waals surface area contributed by atoms with Gasteiger partial charge in [-0.3, -0.25) is 0 Å². The van der Waals surface area contributed by atoms with Crippen molar-refractivity contribution < 1.29 is 21.6 Å². The van der Waals surface area contributed by atoms with E-state index in [1.54, 1.807) is 0 Å². The quantitative estimate of drug-likeness (QED) is 0.820. The first-order chi connectivity index (χ1) is 9.32. The minimum atomic E-state index is -4.32. The van der Waals surface area contributed by atoms with Gasteiger partial charge in [0, 0.05) is 32.7 Å². The van der Waals surface area contributed by atoms with Gasteiger partial charge in [-0.05, 0) is 25.8 Å². The largest absolute Gasteiger partial charge is 0.393 e. The average molecular weight is 315 g/mol. The van der Waals surface area contributed by atoms with Gasteiger partial charge in [-0.1, -0.05) is 0 Å². The van der Waals surface area contributed by atoms with Crippen molar-refractivity contribution in [3.05, 3.63) is 0 Å². The molecule has 2 rings (SSSR count). The van der Waals surface area contributed by atoms with Crippen LogP contribution >= 0.6 is 0 Å². The van der Waals surface area contributed by atoms with Crippen molar-refractivity contribution in [2.75, 3.05) is 39.3 Å².